The average molecular weight is 558 g/mol. The number of nitrogens with one attached hydrogen (secondary N) is 2. The lowest BCUT2D eigenvalue weighted by Gasteiger charge is -2.21. The molecule has 40 heavy (non-hydrogen) atoms. The number of ether oxygens (including phenoxy) is 3. The molecule has 4 rings (SSSR count). The Kier molecular flexibility index (Phi) is 8.91. The molecule has 0 unspecified atom stereocenters. The van der Waals surface area contributed by atoms with E-state index in [0.29, 0.717) is 18.1 Å². The monoisotopic (exact) mass is 557 g/mol. The highest BCUT2D eigenvalue weighted by Gasteiger charge is 2.28. The maximum absolute atomic E-state index is 13.2. The lowest BCUT2D eigenvalue weighted by atomic mass is 10.2. The van der Waals surface area contributed by atoms with Crippen LogP contribution >= 0.6 is 0 Å². The second-order valence-corrected chi connectivity index (χ2v) is 10.6. The number of alkyl halides is 2. The van der Waals surface area contributed by atoms with Crippen molar-refractivity contribution < 1.29 is 37.0 Å². The summed E-state index contributed by atoms with van der Waals surface area (Å²) in [5.74, 6) is -0.0191. The van der Waals surface area contributed by atoms with Crippen LogP contribution in [0.2, 0.25) is 0 Å². The number of hydrogen-bond acceptors (Lipinski definition) is 7. The first-order chi connectivity index (χ1) is 19.0. The fourth-order valence-corrected chi connectivity index (χ4v) is 3.76. The van der Waals surface area contributed by atoms with E-state index in [4.69, 9.17) is 13.9 Å². The topological polar surface area (TPSA) is 112 Å². The predicted octanol–water partition coefficient (Wildman–Crippen LogP) is 6.25. The summed E-state index contributed by atoms with van der Waals surface area (Å²) in [7, 11) is 0. The van der Waals surface area contributed by atoms with Crippen LogP contribution in [0.5, 0.6) is 11.5 Å². The van der Waals surface area contributed by atoms with Gasteiger partial charge in [-0.2, -0.15) is 8.78 Å². The van der Waals surface area contributed by atoms with Crippen LogP contribution < -0.4 is 20.1 Å². The normalized spacial score (nSPS) is 14.0. The second-order valence-electron chi connectivity index (χ2n) is 10.6. The quantitative estimate of drug-likeness (QED) is 0.287. The third-order valence-electron chi connectivity index (χ3n) is 5.87. The number of halogens is 2. The van der Waals surface area contributed by atoms with Crippen molar-refractivity contribution in [1.29, 1.82) is 0 Å². The van der Waals surface area contributed by atoms with Gasteiger partial charge in [-0.3, -0.25) is 4.79 Å². The molecule has 0 radical (unpaired) electrons. The van der Waals surface area contributed by atoms with Crippen molar-refractivity contribution >= 4 is 12.0 Å². The second kappa shape index (κ2) is 12.4. The summed E-state index contributed by atoms with van der Waals surface area (Å²) in [4.78, 5) is 30.1. The molecule has 11 heteroatoms. The summed E-state index contributed by atoms with van der Waals surface area (Å²) >= 11 is 0. The zero-order valence-corrected chi connectivity index (χ0v) is 22.8. The van der Waals surface area contributed by atoms with E-state index in [2.05, 4.69) is 20.4 Å². The largest absolute Gasteiger partial charge is 0.489 e. The number of carbonyl (C=O) groups excluding carboxylic acids is 2. The van der Waals surface area contributed by atoms with Crippen LogP contribution in [0.25, 0.3) is 11.5 Å². The summed E-state index contributed by atoms with van der Waals surface area (Å²) in [6.07, 6.45) is 1.33. The van der Waals surface area contributed by atoms with E-state index < -0.39 is 30.3 Å². The van der Waals surface area contributed by atoms with E-state index in [0.717, 1.165) is 18.4 Å². The summed E-state index contributed by atoms with van der Waals surface area (Å²) in [6.45, 7) is 4.41. The number of alkyl carbamates (subject to hydrolysis) is 1. The van der Waals surface area contributed by atoms with Gasteiger partial charge in [0.2, 0.25) is 5.89 Å². The Morgan fingerprint density at radius 2 is 1.82 bits per heavy atom. The van der Waals surface area contributed by atoms with Gasteiger partial charge in [-0.25, -0.2) is 9.78 Å². The molecule has 3 aromatic rings. The number of carbonyl (C=O) groups is 2. The summed E-state index contributed by atoms with van der Waals surface area (Å²) in [5.41, 5.74) is 0.488. The van der Waals surface area contributed by atoms with Gasteiger partial charge in [0.15, 0.2) is 23.0 Å². The lowest BCUT2D eigenvalue weighted by molar-refractivity contribution is -0.0515. The van der Waals surface area contributed by atoms with Gasteiger partial charge in [0.25, 0.3) is 5.91 Å². The molecule has 0 saturated heterocycles. The number of hydrogen-bond donors (Lipinski definition) is 2. The Labute approximate surface area is 231 Å². The molecule has 0 spiro atoms. The minimum absolute atomic E-state index is 0.0390. The predicted molar refractivity (Wildman–Crippen MR) is 142 cm³/mol. The van der Waals surface area contributed by atoms with Crippen molar-refractivity contribution in [2.75, 3.05) is 6.61 Å². The molecule has 1 aromatic heterocycles. The fourth-order valence-electron chi connectivity index (χ4n) is 3.76. The smallest absolute Gasteiger partial charge is 0.408 e. The van der Waals surface area contributed by atoms with E-state index in [-0.39, 0.29) is 35.4 Å². The van der Waals surface area contributed by atoms with E-state index in [9.17, 15) is 18.4 Å². The van der Waals surface area contributed by atoms with Crippen LogP contribution in [0.4, 0.5) is 13.6 Å². The van der Waals surface area contributed by atoms with Crippen molar-refractivity contribution in [3.63, 3.8) is 0 Å². The highest BCUT2D eigenvalue weighted by molar-refractivity contribution is 5.94. The molecule has 9 nitrogen and oxygen atoms in total. The average Bonchev–Trinajstić information content (AvgIpc) is 3.61. The van der Waals surface area contributed by atoms with E-state index in [1.54, 1.807) is 27.7 Å². The van der Waals surface area contributed by atoms with Gasteiger partial charge in [0.05, 0.1) is 12.6 Å². The Morgan fingerprint density at radius 3 is 2.48 bits per heavy atom. The van der Waals surface area contributed by atoms with Crippen LogP contribution in [0.3, 0.4) is 0 Å². The van der Waals surface area contributed by atoms with Crippen molar-refractivity contribution in [2.24, 2.45) is 5.92 Å². The highest BCUT2D eigenvalue weighted by atomic mass is 19.3. The zero-order valence-electron chi connectivity index (χ0n) is 22.8. The van der Waals surface area contributed by atoms with Crippen LogP contribution in [0, 0.1) is 5.92 Å². The highest BCUT2D eigenvalue weighted by Crippen LogP contribution is 2.37. The van der Waals surface area contributed by atoms with Gasteiger partial charge in [0, 0.05) is 12.1 Å². The number of amides is 2. The standard InChI is InChI=1S/C29H33F2N3O6/c1-17(33-28(36)40-29(2,3)4)24-23(25(35)32-15-18-8-6-5-7-9-18)34-26(39-24)20-12-13-21(38-27(30)31)22(14-20)37-16-19-10-11-19/h5-9,12-14,17,19,27H,10-11,15-16H2,1-4H3,(H,32,35)(H,33,36)/t17-/m0/s1. The third kappa shape index (κ3) is 8.17. The number of oxazole rings is 1. The van der Waals surface area contributed by atoms with Crippen LogP contribution in [-0.2, 0) is 11.3 Å². The van der Waals surface area contributed by atoms with Gasteiger partial charge in [-0.1, -0.05) is 30.3 Å². The molecule has 1 aliphatic rings. The van der Waals surface area contributed by atoms with Crippen molar-refractivity contribution in [3.8, 4) is 23.0 Å². The Balaban J connectivity index is 1.63. The molecule has 214 valence electrons. The number of benzene rings is 2. The molecule has 1 aliphatic carbocycles. The van der Waals surface area contributed by atoms with E-state index >= 15 is 0 Å². The van der Waals surface area contributed by atoms with Gasteiger partial charge in [-0.05, 0) is 70.2 Å². The number of aromatic nitrogens is 1. The van der Waals surface area contributed by atoms with Crippen LogP contribution in [0.1, 0.15) is 68.4 Å². The van der Waals surface area contributed by atoms with Gasteiger partial charge >= 0.3 is 12.7 Å². The third-order valence-corrected chi connectivity index (χ3v) is 5.87. The molecule has 2 amide bonds. The van der Waals surface area contributed by atoms with E-state index in [1.807, 2.05) is 30.3 Å². The zero-order chi connectivity index (χ0) is 28.9. The lowest BCUT2D eigenvalue weighted by Crippen LogP contribution is -2.34. The first kappa shape index (κ1) is 28.8. The number of nitrogens with zero attached hydrogens (tertiary/aromatic N) is 1. The summed E-state index contributed by atoms with van der Waals surface area (Å²) < 4.78 is 47.7. The van der Waals surface area contributed by atoms with Crippen molar-refractivity contribution in [3.05, 3.63) is 65.5 Å². The van der Waals surface area contributed by atoms with Crippen molar-refractivity contribution in [1.82, 2.24) is 15.6 Å². The number of rotatable bonds is 11. The molecule has 0 bridgehead atoms. The molecule has 1 atom stereocenters. The Bertz CT molecular complexity index is 1320. The summed E-state index contributed by atoms with van der Waals surface area (Å²) in [5, 5.41) is 5.48. The SMILES string of the molecule is C[C@H](NC(=O)OC(C)(C)C)c1oc(-c2ccc(OC(F)F)c(OCC3CC3)c2)nc1C(=O)NCc1ccccc1. The van der Waals surface area contributed by atoms with Gasteiger partial charge in [0.1, 0.15) is 5.60 Å². The van der Waals surface area contributed by atoms with Crippen LogP contribution in [-0.4, -0.2) is 35.8 Å². The molecule has 0 aliphatic heterocycles. The maximum Gasteiger partial charge on any atom is 0.408 e. The molecular formula is C29H33F2N3O6. The van der Waals surface area contributed by atoms with E-state index in [1.165, 1.54) is 18.2 Å². The first-order valence-electron chi connectivity index (χ1n) is 13.0. The maximum atomic E-state index is 13.2. The van der Waals surface area contributed by atoms with Gasteiger partial charge < -0.3 is 29.3 Å². The van der Waals surface area contributed by atoms with Gasteiger partial charge in [-0.15, -0.1) is 0 Å². The molecule has 1 heterocycles. The Morgan fingerprint density at radius 1 is 1.10 bits per heavy atom. The fraction of sp³-hybridized carbons (Fsp3) is 0.414. The molecular weight excluding hydrogens is 524 g/mol. The minimum Gasteiger partial charge on any atom is -0.489 e. The Hall–Kier alpha value is -4.15. The molecule has 2 N–H and O–H groups in total. The van der Waals surface area contributed by atoms with Crippen LogP contribution in [0.15, 0.2) is 52.9 Å². The first-order valence-corrected chi connectivity index (χ1v) is 13.0. The molecule has 1 saturated carbocycles. The minimum atomic E-state index is -3.03. The molecule has 2 aromatic carbocycles. The molecule has 1 fully saturated rings. The summed E-state index contributed by atoms with van der Waals surface area (Å²) in [6, 6.07) is 12.8. The van der Waals surface area contributed by atoms with Crippen molar-refractivity contribution in [2.45, 2.75) is 65.3 Å².